The second-order valence-corrected chi connectivity index (χ2v) is 3.35. The molecule has 0 heteroatoms. The van der Waals surface area contributed by atoms with Crippen LogP contribution < -0.4 is 10.4 Å². The van der Waals surface area contributed by atoms with Gasteiger partial charge in [0.05, 0.1) is 0 Å². The number of benzene rings is 1. The molecule has 0 aromatic heterocycles. The molecule has 0 amide bonds. The van der Waals surface area contributed by atoms with E-state index in [1.54, 1.807) is 0 Å². The van der Waals surface area contributed by atoms with Crippen molar-refractivity contribution in [3.05, 3.63) is 34.2 Å². The molecule has 0 aliphatic carbocycles. The summed E-state index contributed by atoms with van der Waals surface area (Å²) >= 11 is 0. The maximum absolute atomic E-state index is 4.00. The molecule has 64 valence electrons. The molecule has 0 atom stereocenters. The van der Waals surface area contributed by atoms with Crippen LogP contribution in [0.4, 0.5) is 0 Å². The average molecular weight is 160 g/mol. The van der Waals surface area contributed by atoms with Gasteiger partial charge in [0, 0.05) is 0 Å². The Morgan fingerprint density at radius 2 is 2.00 bits per heavy atom. The Hall–Kier alpha value is -1.04. The maximum Gasteiger partial charge on any atom is -0.0201 e. The molecule has 0 nitrogen and oxygen atoms in total. The summed E-state index contributed by atoms with van der Waals surface area (Å²) in [5.41, 5.74) is 2.73. The first-order chi connectivity index (χ1) is 5.65. The van der Waals surface area contributed by atoms with Crippen LogP contribution in [0.1, 0.15) is 26.3 Å². The first-order valence-corrected chi connectivity index (χ1v) is 4.40. The summed E-state index contributed by atoms with van der Waals surface area (Å²) in [5.74, 6) is 0. The predicted octanol–water partition coefficient (Wildman–Crippen LogP) is 1.85. The molecule has 1 rings (SSSR count). The molecule has 0 saturated carbocycles. The molecular weight excluding hydrogens is 144 g/mol. The second-order valence-electron chi connectivity index (χ2n) is 3.35. The van der Waals surface area contributed by atoms with Crippen LogP contribution in [0, 0.1) is 0 Å². The highest BCUT2D eigenvalue weighted by Gasteiger charge is 1.89. The van der Waals surface area contributed by atoms with Crippen LogP contribution in [0.3, 0.4) is 0 Å². The average Bonchev–Trinajstić information content (AvgIpc) is 2.05. The third-order valence-corrected chi connectivity index (χ3v) is 2.12. The molecule has 0 saturated heterocycles. The molecule has 0 aliphatic rings. The summed E-state index contributed by atoms with van der Waals surface area (Å²) in [6, 6.07) is 6.48. The Balaban J connectivity index is 3.49. The van der Waals surface area contributed by atoms with E-state index in [9.17, 15) is 0 Å². The van der Waals surface area contributed by atoms with Crippen molar-refractivity contribution in [3.63, 3.8) is 0 Å². The minimum Gasteiger partial charge on any atom is -0.0912 e. The van der Waals surface area contributed by atoms with Crippen LogP contribution in [0.15, 0.2) is 18.2 Å². The summed E-state index contributed by atoms with van der Waals surface area (Å²) in [4.78, 5) is 0. The molecule has 1 aromatic carbocycles. The second kappa shape index (κ2) is 3.57. The van der Waals surface area contributed by atoms with Crippen LogP contribution >= 0.6 is 0 Å². The van der Waals surface area contributed by atoms with Crippen LogP contribution in [0.5, 0.6) is 0 Å². The zero-order valence-electron chi connectivity index (χ0n) is 8.15. The van der Waals surface area contributed by atoms with Gasteiger partial charge in [0.15, 0.2) is 0 Å². The number of rotatable bonds is 1. The lowest BCUT2D eigenvalue weighted by molar-refractivity contribution is 1.13. The first kappa shape index (κ1) is 9.05. The highest BCUT2D eigenvalue weighted by Crippen LogP contribution is 1.93. The van der Waals surface area contributed by atoms with Gasteiger partial charge in [0.25, 0.3) is 0 Å². The van der Waals surface area contributed by atoms with Gasteiger partial charge in [0.2, 0.25) is 0 Å². The first-order valence-electron chi connectivity index (χ1n) is 4.40. The Labute approximate surface area is 74.2 Å². The molecule has 12 heavy (non-hydrogen) atoms. The van der Waals surface area contributed by atoms with Crippen LogP contribution in [0.2, 0.25) is 0 Å². The number of hydrogen-bond donors (Lipinski definition) is 0. The van der Waals surface area contributed by atoms with Crippen LogP contribution in [0.25, 0.3) is 12.2 Å². The Morgan fingerprint density at radius 1 is 1.33 bits per heavy atom. The summed E-state index contributed by atoms with van der Waals surface area (Å²) in [5, 5.41) is 2.43. The van der Waals surface area contributed by atoms with Gasteiger partial charge in [-0.3, -0.25) is 0 Å². The van der Waals surface area contributed by atoms with E-state index in [4.69, 9.17) is 0 Å². The summed E-state index contributed by atoms with van der Waals surface area (Å²) in [6.07, 6.45) is 1.10. The van der Waals surface area contributed by atoms with E-state index in [2.05, 4.69) is 45.5 Å². The minimum absolute atomic E-state index is 1.10. The van der Waals surface area contributed by atoms with E-state index >= 15 is 0 Å². The normalized spacial score (nSPS) is 9.92. The third-order valence-electron chi connectivity index (χ3n) is 2.12. The van der Waals surface area contributed by atoms with Crippen molar-refractivity contribution in [1.82, 2.24) is 0 Å². The van der Waals surface area contributed by atoms with E-state index < -0.39 is 0 Å². The van der Waals surface area contributed by atoms with Crippen molar-refractivity contribution in [2.75, 3.05) is 0 Å². The van der Waals surface area contributed by atoms with Crippen molar-refractivity contribution in [3.8, 4) is 0 Å². The standard InChI is InChI=1S/C12H16/c1-5-11-7-6-10(4)12(8-11)9(2)3/h6-8H,4-5H2,1-3H3. The van der Waals surface area contributed by atoms with Gasteiger partial charge in [-0.25, -0.2) is 0 Å². The molecule has 0 fully saturated rings. The van der Waals surface area contributed by atoms with Gasteiger partial charge in [-0.2, -0.15) is 0 Å². The van der Waals surface area contributed by atoms with Crippen molar-refractivity contribution >= 4 is 12.2 Å². The topological polar surface area (TPSA) is 0 Å². The molecule has 1 aromatic rings. The van der Waals surface area contributed by atoms with E-state index in [1.165, 1.54) is 16.4 Å². The highest BCUT2D eigenvalue weighted by atomic mass is 13.9. The van der Waals surface area contributed by atoms with Crippen molar-refractivity contribution < 1.29 is 0 Å². The van der Waals surface area contributed by atoms with E-state index in [0.29, 0.717) is 0 Å². The fourth-order valence-electron chi connectivity index (χ4n) is 1.31. The third kappa shape index (κ3) is 1.76. The lowest BCUT2D eigenvalue weighted by Gasteiger charge is -1.97. The molecule has 0 bridgehead atoms. The van der Waals surface area contributed by atoms with Gasteiger partial charge in [-0.05, 0) is 36.3 Å². The largest absolute Gasteiger partial charge is 0.0912 e. The SMILES string of the molecule is C=c1ccc(CC)cc1=C(C)C. The number of aryl methyl sites for hydroxylation is 1. The fraction of sp³-hybridized carbons (Fsp3) is 0.333. The molecule has 0 radical (unpaired) electrons. The van der Waals surface area contributed by atoms with Crippen LogP contribution in [-0.4, -0.2) is 0 Å². The summed E-state index contributed by atoms with van der Waals surface area (Å²) in [7, 11) is 0. The molecule has 0 aliphatic heterocycles. The van der Waals surface area contributed by atoms with Gasteiger partial charge in [-0.1, -0.05) is 37.3 Å². The lowest BCUT2D eigenvalue weighted by atomic mass is 10.1. The summed E-state index contributed by atoms with van der Waals surface area (Å²) < 4.78 is 0. The molecular formula is C12H16. The van der Waals surface area contributed by atoms with Gasteiger partial charge in [0.1, 0.15) is 0 Å². The Morgan fingerprint density at radius 3 is 2.50 bits per heavy atom. The smallest absolute Gasteiger partial charge is 0.0201 e. The van der Waals surface area contributed by atoms with Gasteiger partial charge >= 0.3 is 0 Å². The zero-order chi connectivity index (χ0) is 9.14. The summed E-state index contributed by atoms with van der Waals surface area (Å²) in [6.45, 7) is 10.4. The van der Waals surface area contributed by atoms with E-state index in [-0.39, 0.29) is 0 Å². The van der Waals surface area contributed by atoms with Crippen molar-refractivity contribution in [2.24, 2.45) is 0 Å². The van der Waals surface area contributed by atoms with E-state index in [0.717, 1.165) is 11.6 Å². The quantitative estimate of drug-likeness (QED) is 0.588. The molecule has 0 heterocycles. The maximum atomic E-state index is 4.00. The number of hydrogen-bond acceptors (Lipinski definition) is 0. The monoisotopic (exact) mass is 160 g/mol. The van der Waals surface area contributed by atoms with Gasteiger partial charge in [-0.15, -0.1) is 0 Å². The molecule has 0 spiro atoms. The Bertz CT molecular complexity index is 368. The lowest BCUT2D eigenvalue weighted by Crippen LogP contribution is -2.24. The Kier molecular flexibility index (Phi) is 2.69. The van der Waals surface area contributed by atoms with E-state index in [1.807, 2.05) is 0 Å². The molecule has 0 unspecified atom stereocenters. The van der Waals surface area contributed by atoms with Crippen molar-refractivity contribution in [1.29, 1.82) is 0 Å². The molecule has 0 N–H and O–H groups in total. The highest BCUT2D eigenvalue weighted by molar-refractivity contribution is 5.40. The fourth-order valence-corrected chi connectivity index (χ4v) is 1.31. The zero-order valence-corrected chi connectivity index (χ0v) is 8.15. The predicted molar refractivity (Wildman–Crippen MR) is 55.3 cm³/mol. The minimum atomic E-state index is 1.10. The van der Waals surface area contributed by atoms with Gasteiger partial charge < -0.3 is 0 Å². The van der Waals surface area contributed by atoms with Crippen molar-refractivity contribution in [2.45, 2.75) is 27.2 Å². The van der Waals surface area contributed by atoms with Crippen LogP contribution in [-0.2, 0) is 6.42 Å².